The summed E-state index contributed by atoms with van der Waals surface area (Å²) in [6.45, 7) is 4.93. The summed E-state index contributed by atoms with van der Waals surface area (Å²) in [5.74, 6) is 1.42. The van der Waals surface area contributed by atoms with E-state index in [0.29, 0.717) is 77.2 Å². The SMILES string of the molecule is COc1ccc(NC(=O)CCNCCCOCCOCCOCCCNC(=O)CN(C)C(=O)CCCC[C@@H]2SCC3NC(=O)NC32)cc1. The topological polar surface area (TPSA) is 169 Å². The number of hydrogen-bond donors (Lipinski definition) is 5. The molecule has 1 aromatic carbocycles. The first-order valence-electron chi connectivity index (χ1n) is 16.9. The summed E-state index contributed by atoms with van der Waals surface area (Å²) >= 11 is 1.88. The molecule has 3 rings (SSSR count). The Morgan fingerprint density at radius 2 is 1.54 bits per heavy atom. The zero-order valence-corrected chi connectivity index (χ0v) is 29.2. The van der Waals surface area contributed by atoms with Gasteiger partial charge in [0.15, 0.2) is 0 Å². The van der Waals surface area contributed by atoms with Crippen molar-refractivity contribution in [3.05, 3.63) is 24.3 Å². The van der Waals surface area contributed by atoms with Crippen molar-refractivity contribution in [3.63, 3.8) is 0 Å². The highest BCUT2D eigenvalue weighted by Gasteiger charge is 2.42. The molecule has 2 fully saturated rings. The van der Waals surface area contributed by atoms with Gasteiger partial charge in [0.1, 0.15) is 5.75 Å². The van der Waals surface area contributed by atoms with E-state index in [9.17, 15) is 19.2 Å². The number of benzene rings is 1. The van der Waals surface area contributed by atoms with Gasteiger partial charge in [-0.15, -0.1) is 0 Å². The average molecular weight is 695 g/mol. The fourth-order valence-corrected chi connectivity index (χ4v) is 6.83. The van der Waals surface area contributed by atoms with Crippen LogP contribution in [0.15, 0.2) is 24.3 Å². The molecule has 0 bridgehead atoms. The quantitative estimate of drug-likeness (QED) is 0.0712. The number of fused-ring (bicyclic) bond motifs is 1. The smallest absolute Gasteiger partial charge is 0.315 e. The first kappa shape index (κ1) is 39.3. The molecule has 2 heterocycles. The van der Waals surface area contributed by atoms with Crippen molar-refractivity contribution in [3.8, 4) is 5.75 Å². The van der Waals surface area contributed by atoms with Gasteiger partial charge in [0.25, 0.3) is 0 Å². The molecular formula is C33H54N6O8S. The van der Waals surface area contributed by atoms with Crippen molar-refractivity contribution in [1.29, 1.82) is 0 Å². The number of hydrogen-bond acceptors (Lipinski definition) is 10. The Hall–Kier alpha value is -3.11. The number of nitrogens with zero attached hydrogens (tertiary/aromatic N) is 1. The summed E-state index contributed by atoms with van der Waals surface area (Å²) in [5, 5.41) is 15.3. The zero-order valence-electron chi connectivity index (χ0n) is 28.4. The van der Waals surface area contributed by atoms with Gasteiger partial charge in [-0.05, 0) is 56.5 Å². The van der Waals surface area contributed by atoms with E-state index < -0.39 is 0 Å². The minimum absolute atomic E-state index is 0.0383. The zero-order chi connectivity index (χ0) is 34.4. The molecule has 15 heteroatoms. The van der Waals surface area contributed by atoms with Crippen molar-refractivity contribution in [2.45, 2.75) is 62.3 Å². The highest BCUT2D eigenvalue weighted by atomic mass is 32.2. The molecule has 0 aromatic heterocycles. The Kier molecular flexibility index (Phi) is 19.1. The normalized spacial score (nSPS) is 18.1. The Labute approximate surface area is 288 Å². The maximum absolute atomic E-state index is 12.4. The number of urea groups is 1. The van der Waals surface area contributed by atoms with Crippen molar-refractivity contribution in [2.75, 3.05) is 91.0 Å². The van der Waals surface area contributed by atoms with E-state index in [-0.39, 0.29) is 42.4 Å². The van der Waals surface area contributed by atoms with Crippen LogP contribution in [-0.2, 0) is 28.6 Å². The van der Waals surface area contributed by atoms with E-state index >= 15 is 0 Å². The van der Waals surface area contributed by atoms with Gasteiger partial charge in [-0.2, -0.15) is 11.8 Å². The van der Waals surface area contributed by atoms with Gasteiger partial charge < -0.3 is 50.4 Å². The van der Waals surface area contributed by atoms with E-state index in [1.165, 1.54) is 4.90 Å². The maximum atomic E-state index is 12.4. The minimum Gasteiger partial charge on any atom is -0.497 e. The Bertz CT molecular complexity index is 1110. The number of nitrogens with one attached hydrogen (secondary N) is 5. The van der Waals surface area contributed by atoms with Crippen molar-refractivity contribution >= 4 is 41.2 Å². The minimum atomic E-state index is -0.184. The van der Waals surface area contributed by atoms with Crippen LogP contribution in [-0.4, -0.2) is 132 Å². The summed E-state index contributed by atoms with van der Waals surface area (Å²) in [7, 11) is 3.26. The second kappa shape index (κ2) is 23.3. The summed E-state index contributed by atoms with van der Waals surface area (Å²) in [6, 6.07) is 7.55. The number of methoxy groups -OCH3 is 1. The van der Waals surface area contributed by atoms with E-state index in [1.807, 2.05) is 23.9 Å². The highest BCUT2D eigenvalue weighted by Crippen LogP contribution is 2.33. The lowest BCUT2D eigenvalue weighted by Gasteiger charge is -2.18. The lowest BCUT2D eigenvalue weighted by molar-refractivity contribution is -0.134. The van der Waals surface area contributed by atoms with E-state index in [1.54, 1.807) is 26.3 Å². The van der Waals surface area contributed by atoms with Gasteiger partial charge in [0.05, 0.1) is 52.2 Å². The molecule has 0 saturated carbocycles. The third kappa shape index (κ3) is 15.9. The Balaban J connectivity index is 1.02. The van der Waals surface area contributed by atoms with Crippen molar-refractivity contribution in [1.82, 2.24) is 26.2 Å². The van der Waals surface area contributed by atoms with E-state index in [2.05, 4.69) is 26.6 Å². The molecule has 2 aliphatic rings. The Morgan fingerprint density at radius 3 is 2.25 bits per heavy atom. The molecule has 3 atom stereocenters. The van der Waals surface area contributed by atoms with Crippen LogP contribution in [0.3, 0.4) is 0 Å². The van der Waals surface area contributed by atoms with Crippen molar-refractivity contribution < 1.29 is 38.1 Å². The first-order chi connectivity index (χ1) is 23.4. The number of carbonyl (C=O) groups is 4. The molecule has 2 aliphatic heterocycles. The monoisotopic (exact) mass is 694 g/mol. The van der Waals surface area contributed by atoms with Crippen LogP contribution in [0.2, 0.25) is 0 Å². The molecule has 0 spiro atoms. The molecule has 5 N–H and O–H groups in total. The third-order valence-corrected chi connectivity index (χ3v) is 9.46. The van der Waals surface area contributed by atoms with Gasteiger partial charge in [0.2, 0.25) is 17.7 Å². The number of ether oxygens (including phenoxy) is 4. The summed E-state index contributed by atoms with van der Waals surface area (Å²) < 4.78 is 21.7. The molecular weight excluding hydrogens is 640 g/mol. The first-order valence-corrected chi connectivity index (χ1v) is 18.0. The standard InChI is InChI=1S/C33H54N6O8S/c1-39(31(42)8-4-3-7-28-32-27(24-48-28)37-33(43)38-32)23-30(41)35-15-6-18-46-20-22-47-21-19-45-17-5-14-34-16-13-29(40)36-25-9-11-26(44-2)12-10-25/h9-12,27-28,32,34H,3-8,13-24H2,1-2H3,(H,35,41)(H,36,40)(H2,37,38,43)/t27?,28-,32?/m0/s1. The predicted octanol–water partition coefficient (Wildman–Crippen LogP) is 1.74. The maximum Gasteiger partial charge on any atom is 0.315 e. The number of amides is 5. The molecule has 0 radical (unpaired) electrons. The van der Waals surface area contributed by atoms with Gasteiger partial charge in [-0.25, -0.2) is 4.79 Å². The van der Waals surface area contributed by atoms with Crippen LogP contribution in [0.25, 0.3) is 0 Å². The number of unbranched alkanes of at least 4 members (excludes halogenated alkanes) is 1. The second-order valence-electron chi connectivity index (χ2n) is 11.8. The summed E-state index contributed by atoms with van der Waals surface area (Å²) in [6.07, 6.45) is 4.96. The molecule has 0 aliphatic carbocycles. The van der Waals surface area contributed by atoms with Gasteiger partial charge >= 0.3 is 6.03 Å². The lowest BCUT2D eigenvalue weighted by atomic mass is 10.0. The molecule has 1 aromatic rings. The highest BCUT2D eigenvalue weighted by molar-refractivity contribution is 8.00. The van der Waals surface area contributed by atoms with Crippen LogP contribution in [0, 0.1) is 0 Å². The number of rotatable bonds is 26. The fourth-order valence-electron chi connectivity index (χ4n) is 5.28. The fraction of sp³-hybridized carbons (Fsp3) is 0.697. The average Bonchev–Trinajstić information content (AvgIpc) is 3.63. The van der Waals surface area contributed by atoms with E-state index in [4.69, 9.17) is 18.9 Å². The van der Waals surface area contributed by atoms with Gasteiger partial charge in [-0.1, -0.05) is 6.42 Å². The van der Waals surface area contributed by atoms with Crippen LogP contribution in [0.1, 0.15) is 44.9 Å². The second-order valence-corrected chi connectivity index (χ2v) is 13.1. The molecule has 48 heavy (non-hydrogen) atoms. The number of thioether (sulfide) groups is 1. The van der Waals surface area contributed by atoms with E-state index in [0.717, 1.165) is 49.4 Å². The van der Waals surface area contributed by atoms with Crippen LogP contribution >= 0.6 is 11.8 Å². The van der Waals surface area contributed by atoms with Crippen LogP contribution in [0.4, 0.5) is 10.5 Å². The predicted molar refractivity (Wildman–Crippen MR) is 185 cm³/mol. The Morgan fingerprint density at radius 1 is 0.854 bits per heavy atom. The summed E-state index contributed by atoms with van der Waals surface area (Å²) in [5.41, 5.74) is 0.746. The molecule has 5 amide bonds. The third-order valence-electron chi connectivity index (χ3n) is 7.95. The number of carbonyl (C=O) groups excluding carboxylic acids is 4. The largest absolute Gasteiger partial charge is 0.497 e. The molecule has 2 unspecified atom stereocenters. The van der Waals surface area contributed by atoms with Gasteiger partial charge in [-0.3, -0.25) is 14.4 Å². The molecule has 14 nitrogen and oxygen atoms in total. The van der Waals surface area contributed by atoms with Crippen LogP contribution < -0.4 is 31.3 Å². The molecule has 2 saturated heterocycles. The molecule has 270 valence electrons. The van der Waals surface area contributed by atoms with Crippen LogP contribution in [0.5, 0.6) is 5.75 Å². The number of anilines is 1. The lowest BCUT2D eigenvalue weighted by Crippen LogP contribution is -2.38. The van der Waals surface area contributed by atoms with Crippen molar-refractivity contribution in [2.24, 2.45) is 0 Å². The summed E-state index contributed by atoms with van der Waals surface area (Å²) in [4.78, 5) is 49.6. The number of likely N-dealkylation sites (N-methyl/N-ethyl adjacent to an activating group) is 1. The van der Waals surface area contributed by atoms with Gasteiger partial charge in [0, 0.05) is 62.9 Å².